The summed E-state index contributed by atoms with van der Waals surface area (Å²) in [5, 5.41) is 3.70. The predicted molar refractivity (Wildman–Crippen MR) is 122 cm³/mol. The second-order valence-corrected chi connectivity index (χ2v) is 8.40. The lowest BCUT2D eigenvalue weighted by Gasteiger charge is -2.34. The molecule has 2 fully saturated rings. The van der Waals surface area contributed by atoms with E-state index in [4.69, 9.17) is 14.5 Å². The largest absolute Gasteiger partial charge is 0.383 e. The Labute approximate surface area is 188 Å². The molecule has 1 atom stereocenters. The van der Waals surface area contributed by atoms with Gasteiger partial charge in [-0.3, -0.25) is 14.5 Å². The van der Waals surface area contributed by atoms with Crippen LogP contribution in [0.1, 0.15) is 41.4 Å². The van der Waals surface area contributed by atoms with Crippen LogP contribution in [0.4, 0.5) is 0 Å². The highest BCUT2D eigenvalue weighted by atomic mass is 16.5. The van der Waals surface area contributed by atoms with Gasteiger partial charge in [0, 0.05) is 45.2 Å². The van der Waals surface area contributed by atoms with Crippen molar-refractivity contribution in [3.05, 3.63) is 41.6 Å². The number of carbonyl (C=O) groups excluding carboxylic acids is 2. The van der Waals surface area contributed by atoms with E-state index in [2.05, 4.69) is 10.2 Å². The molecule has 0 saturated carbocycles. The topological polar surface area (TPSA) is 84.0 Å². The average Bonchev–Trinajstić information content (AvgIpc) is 2.84. The lowest BCUT2D eigenvalue weighted by molar-refractivity contribution is -0.135. The Hall–Kier alpha value is -2.55. The molecule has 0 aliphatic carbocycles. The summed E-state index contributed by atoms with van der Waals surface area (Å²) in [6, 6.07) is 9.46. The summed E-state index contributed by atoms with van der Waals surface area (Å²) in [4.78, 5) is 34.5. The van der Waals surface area contributed by atoms with Crippen LogP contribution in [0.5, 0.6) is 0 Å². The van der Waals surface area contributed by atoms with Crippen LogP contribution in [0.2, 0.25) is 0 Å². The van der Waals surface area contributed by atoms with Crippen LogP contribution in [-0.2, 0) is 14.3 Å². The van der Waals surface area contributed by atoms with E-state index in [0.717, 1.165) is 42.5 Å². The second kappa shape index (κ2) is 10.8. The van der Waals surface area contributed by atoms with Gasteiger partial charge in [0.25, 0.3) is 5.91 Å². The van der Waals surface area contributed by atoms with Gasteiger partial charge in [-0.25, -0.2) is 4.98 Å². The van der Waals surface area contributed by atoms with E-state index >= 15 is 0 Å². The van der Waals surface area contributed by atoms with Gasteiger partial charge in [-0.2, -0.15) is 0 Å². The Kier molecular flexibility index (Phi) is 7.68. The number of aromatic nitrogens is 1. The fourth-order valence-electron chi connectivity index (χ4n) is 4.37. The van der Waals surface area contributed by atoms with Crippen molar-refractivity contribution < 1.29 is 19.1 Å². The summed E-state index contributed by atoms with van der Waals surface area (Å²) in [7, 11) is 1.61. The molecule has 2 aliphatic heterocycles. The summed E-state index contributed by atoms with van der Waals surface area (Å²) in [6.45, 7) is 4.84. The summed E-state index contributed by atoms with van der Waals surface area (Å²) in [5.74, 6) is 0.0323. The molecule has 4 rings (SSSR count). The van der Waals surface area contributed by atoms with Gasteiger partial charge < -0.3 is 19.7 Å². The first-order valence-electron chi connectivity index (χ1n) is 11.4. The third-order valence-corrected chi connectivity index (χ3v) is 6.12. The number of hydrogen-bond donors (Lipinski definition) is 1. The van der Waals surface area contributed by atoms with E-state index in [1.54, 1.807) is 7.11 Å². The van der Waals surface area contributed by atoms with E-state index in [0.29, 0.717) is 45.0 Å². The van der Waals surface area contributed by atoms with Crippen molar-refractivity contribution in [3.8, 4) is 0 Å². The Morgan fingerprint density at radius 2 is 2.00 bits per heavy atom. The fraction of sp³-hybridized carbons (Fsp3) is 0.542. The molecule has 1 aromatic carbocycles. The van der Waals surface area contributed by atoms with Gasteiger partial charge >= 0.3 is 0 Å². The van der Waals surface area contributed by atoms with Crippen LogP contribution < -0.4 is 5.32 Å². The Bertz CT molecular complexity index is 945. The van der Waals surface area contributed by atoms with Crippen LogP contribution in [-0.4, -0.2) is 86.2 Å². The first-order valence-corrected chi connectivity index (χ1v) is 11.4. The second-order valence-electron chi connectivity index (χ2n) is 8.40. The van der Waals surface area contributed by atoms with Gasteiger partial charge in [0.05, 0.1) is 36.5 Å². The zero-order valence-corrected chi connectivity index (χ0v) is 18.7. The van der Waals surface area contributed by atoms with E-state index in [1.165, 1.54) is 6.42 Å². The number of fused-ring (bicyclic) bond motifs is 1. The number of benzene rings is 1. The van der Waals surface area contributed by atoms with Gasteiger partial charge in [-0.05, 0) is 31.4 Å². The number of carbonyl (C=O) groups is 2. The quantitative estimate of drug-likeness (QED) is 0.663. The Balaban J connectivity index is 1.50. The normalized spacial score (nSPS) is 19.8. The van der Waals surface area contributed by atoms with Gasteiger partial charge in [0.1, 0.15) is 6.10 Å². The number of pyridine rings is 1. The molecule has 8 nitrogen and oxygen atoms in total. The number of morpholine rings is 1. The third kappa shape index (κ3) is 5.43. The fourth-order valence-corrected chi connectivity index (χ4v) is 4.37. The van der Waals surface area contributed by atoms with Gasteiger partial charge in [0.15, 0.2) is 0 Å². The van der Waals surface area contributed by atoms with E-state index < -0.39 is 0 Å². The number of methoxy groups -OCH3 is 1. The molecule has 1 aromatic heterocycles. The zero-order valence-electron chi connectivity index (χ0n) is 18.7. The van der Waals surface area contributed by atoms with Crippen molar-refractivity contribution in [2.24, 2.45) is 0 Å². The summed E-state index contributed by atoms with van der Waals surface area (Å²) < 4.78 is 11.1. The van der Waals surface area contributed by atoms with Crippen molar-refractivity contribution in [2.75, 3.05) is 59.6 Å². The number of amides is 2. The molecule has 0 unspecified atom stereocenters. The number of nitrogens with one attached hydrogen (secondary N) is 1. The SMILES string of the molecule is COCCNC(=O)c1cc([C@@H]2CN(CC(=O)N3CCCCC3)CCO2)nc2ccccc12. The molecule has 2 aromatic rings. The van der Waals surface area contributed by atoms with E-state index in [1.807, 2.05) is 35.2 Å². The molecular weight excluding hydrogens is 408 g/mol. The molecule has 0 bridgehead atoms. The van der Waals surface area contributed by atoms with Crippen molar-refractivity contribution in [1.29, 1.82) is 0 Å². The number of rotatable bonds is 7. The number of likely N-dealkylation sites (tertiary alicyclic amines) is 1. The lowest BCUT2D eigenvalue weighted by atomic mass is 10.0. The van der Waals surface area contributed by atoms with Crippen LogP contribution in [0, 0.1) is 0 Å². The summed E-state index contributed by atoms with van der Waals surface area (Å²) in [6.07, 6.45) is 3.10. The molecule has 2 aliphatic rings. The highest BCUT2D eigenvalue weighted by Gasteiger charge is 2.27. The number of piperidine rings is 1. The number of ether oxygens (including phenoxy) is 2. The number of para-hydroxylation sites is 1. The van der Waals surface area contributed by atoms with Crippen molar-refractivity contribution in [3.63, 3.8) is 0 Å². The van der Waals surface area contributed by atoms with Crippen LogP contribution in [0.3, 0.4) is 0 Å². The smallest absolute Gasteiger partial charge is 0.252 e. The maximum absolute atomic E-state index is 12.9. The zero-order chi connectivity index (χ0) is 22.3. The van der Waals surface area contributed by atoms with Gasteiger partial charge in [-0.1, -0.05) is 18.2 Å². The monoisotopic (exact) mass is 440 g/mol. The molecule has 0 radical (unpaired) electrons. The maximum atomic E-state index is 12.9. The minimum absolute atomic E-state index is 0.158. The highest BCUT2D eigenvalue weighted by Crippen LogP contribution is 2.26. The summed E-state index contributed by atoms with van der Waals surface area (Å²) in [5.41, 5.74) is 2.05. The molecule has 32 heavy (non-hydrogen) atoms. The molecule has 3 heterocycles. The molecule has 172 valence electrons. The molecule has 1 N–H and O–H groups in total. The van der Waals surface area contributed by atoms with Crippen LogP contribution in [0.25, 0.3) is 10.9 Å². The molecule has 0 spiro atoms. The summed E-state index contributed by atoms with van der Waals surface area (Å²) >= 11 is 0. The lowest BCUT2D eigenvalue weighted by Crippen LogP contribution is -2.47. The Morgan fingerprint density at radius 1 is 1.19 bits per heavy atom. The highest BCUT2D eigenvalue weighted by molar-refractivity contribution is 6.06. The first kappa shape index (κ1) is 22.6. The van der Waals surface area contributed by atoms with Gasteiger partial charge in [0.2, 0.25) is 5.91 Å². The number of nitrogens with zero attached hydrogens (tertiary/aromatic N) is 3. The minimum atomic E-state index is -0.284. The van der Waals surface area contributed by atoms with Crippen molar-refractivity contribution in [2.45, 2.75) is 25.4 Å². The molecule has 8 heteroatoms. The van der Waals surface area contributed by atoms with Crippen molar-refractivity contribution >= 4 is 22.7 Å². The van der Waals surface area contributed by atoms with Crippen LogP contribution >= 0.6 is 0 Å². The van der Waals surface area contributed by atoms with E-state index in [-0.39, 0.29) is 17.9 Å². The maximum Gasteiger partial charge on any atom is 0.252 e. The van der Waals surface area contributed by atoms with Gasteiger partial charge in [-0.15, -0.1) is 0 Å². The number of hydrogen-bond acceptors (Lipinski definition) is 6. The Morgan fingerprint density at radius 3 is 2.81 bits per heavy atom. The first-order chi connectivity index (χ1) is 15.7. The molecular formula is C24H32N4O4. The van der Waals surface area contributed by atoms with Crippen molar-refractivity contribution in [1.82, 2.24) is 20.1 Å². The standard InChI is InChI=1S/C24H32N4O4/c1-31-13-9-25-24(30)19-15-21(26-20-8-4-3-7-18(19)20)22-16-27(12-14-32-22)17-23(29)28-10-5-2-6-11-28/h3-4,7-8,15,22H,2,5-6,9-14,16-17H2,1H3,(H,25,30)/t22-/m0/s1. The molecule has 2 amide bonds. The van der Waals surface area contributed by atoms with E-state index in [9.17, 15) is 9.59 Å². The molecule has 2 saturated heterocycles. The average molecular weight is 441 g/mol. The predicted octanol–water partition coefficient (Wildman–Crippen LogP) is 2.00. The third-order valence-electron chi connectivity index (χ3n) is 6.12. The van der Waals surface area contributed by atoms with Crippen LogP contribution in [0.15, 0.2) is 30.3 Å². The minimum Gasteiger partial charge on any atom is -0.383 e.